The fourth-order valence-electron chi connectivity index (χ4n) is 4.58. The van der Waals surface area contributed by atoms with Gasteiger partial charge in [0, 0.05) is 12.3 Å². The van der Waals surface area contributed by atoms with E-state index < -0.39 is 12.1 Å². The Kier molecular flexibility index (Phi) is 5.37. The van der Waals surface area contributed by atoms with E-state index in [1.807, 2.05) is 0 Å². The molecule has 0 heterocycles. The Labute approximate surface area is 137 Å². The molecule has 0 saturated heterocycles. The van der Waals surface area contributed by atoms with E-state index in [9.17, 15) is 14.7 Å². The average Bonchev–Trinajstić information content (AvgIpc) is 3.19. The number of carbonyl (C=O) groups is 2. The minimum atomic E-state index is -0.933. The number of carboxylic acid groups (broad SMARTS) is 1. The molecule has 0 aromatic rings. The van der Waals surface area contributed by atoms with Crippen molar-refractivity contribution in [3.05, 3.63) is 0 Å². The molecule has 5 unspecified atom stereocenters. The van der Waals surface area contributed by atoms with Crippen molar-refractivity contribution < 1.29 is 24.5 Å². The Morgan fingerprint density at radius 1 is 1.17 bits per heavy atom. The van der Waals surface area contributed by atoms with Crippen LogP contribution >= 0.6 is 0 Å². The lowest BCUT2D eigenvalue weighted by Crippen LogP contribution is -2.26. The van der Waals surface area contributed by atoms with Gasteiger partial charge in [-0.3, -0.25) is 9.59 Å². The van der Waals surface area contributed by atoms with Gasteiger partial charge in [-0.1, -0.05) is 12.8 Å². The zero-order chi connectivity index (χ0) is 16.4. The molecule has 3 aliphatic rings. The first-order valence-electron chi connectivity index (χ1n) is 9.10. The molecule has 23 heavy (non-hydrogen) atoms. The minimum absolute atomic E-state index is 0.0750. The summed E-state index contributed by atoms with van der Waals surface area (Å²) in [7, 11) is 0. The first-order chi connectivity index (χ1) is 11.1. The fourth-order valence-corrected chi connectivity index (χ4v) is 4.58. The summed E-state index contributed by atoms with van der Waals surface area (Å²) in [4.78, 5) is 22.7. The SMILES string of the molecule is O=C(O)CC(O)C1CCCC2C(C1)C2OC[C@H]1CCCCC1=O. The Hall–Kier alpha value is -0.940. The number of hydrogen-bond donors (Lipinski definition) is 2. The molecule has 5 heteroatoms. The molecule has 0 spiro atoms. The molecule has 0 aliphatic heterocycles. The van der Waals surface area contributed by atoms with Crippen LogP contribution in [0.15, 0.2) is 0 Å². The second-order valence-electron chi connectivity index (χ2n) is 7.63. The number of carboxylic acids is 1. The van der Waals surface area contributed by atoms with Crippen LogP contribution in [0.25, 0.3) is 0 Å². The van der Waals surface area contributed by atoms with Gasteiger partial charge in [0.1, 0.15) is 5.78 Å². The van der Waals surface area contributed by atoms with Crippen LogP contribution in [0.3, 0.4) is 0 Å². The Bertz CT molecular complexity index is 449. The number of fused-ring (bicyclic) bond motifs is 1. The number of aliphatic carboxylic acids is 1. The average molecular weight is 324 g/mol. The first kappa shape index (κ1) is 16.9. The van der Waals surface area contributed by atoms with Gasteiger partial charge in [0.05, 0.1) is 25.2 Å². The molecule has 0 amide bonds. The van der Waals surface area contributed by atoms with Crippen LogP contribution < -0.4 is 0 Å². The molecule has 0 radical (unpaired) electrons. The van der Waals surface area contributed by atoms with Crippen molar-refractivity contribution >= 4 is 11.8 Å². The summed E-state index contributed by atoms with van der Waals surface area (Å²) in [5.41, 5.74) is 0. The summed E-state index contributed by atoms with van der Waals surface area (Å²) in [6, 6.07) is 0. The normalized spacial score (nSPS) is 38.5. The summed E-state index contributed by atoms with van der Waals surface area (Å²) >= 11 is 0. The maximum absolute atomic E-state index is 11.9. The molecule has 130 valence electrons. The van der Waals surface area contributed by atoms with Crippen molar-refractivity contribution in [2.24, 2.45) is 23.7 Å². The number of carbonyl (C=O) groups excluding carboxylic acids is 1. The van der Waals surface area contributed by atoms with Gasteiger partial charge in [-0.15, -0.1) is 0 Å². The van der Waals surface area contributed by atoms with Crippen molar-refractivity contribution in [2.45, 2.75) is 70.0 Å². The summed E-state index contributed by atoms with van der Waals surface area (Å²) in [6.45, 7) is 0.554. The van der Waals surface area contributed by atoms with Gasteiger partial charge < -0.3 is 14.9 Å². The van der Waals surface area contributed by atoms with Crippen molar-refractivity contribution in [3.8, 4) is 0 Å². The molecule has 0 aromatic heterocycles. The summed E-state index contributed by atoms with van der Waals surface area (Å²) < 4.78 is 6.06. The number of Topliss-reactive ketones (excluding diaryl/α,β-unsaturated/α-hetero) is 1. The monoisotopic (exact) mass is 324 g/mol. The van der Waals surface area contributed by atoms with E-state index in [-0.39, 0.29) is 24.4 Å². The second kappa shape index (κ2) is 7.31. The lowest BCUT2D eigenvalue weighted by molar-refractivity contribution is -0.140. The quantitative estimate of drug-likeness (QED) is 0.784. The molecular formula is C18H28O5. The number of ether oxygens (including phenoxy) is 1. The van der Waals surface area contributed by atoms with E-state index in [1.54, 1.807) is 0 Å². The summed E-state index contributed by atoms with van der Waals surface area (Å²) in [6.07, 6.45) is 7.04. The highest BCUT2D eigenvalue weighted by Crippen LogP contribution is 2.52. The molecular weight excluding hydrogens is 296 g/mol. The van der Waals surface area contributed by atoms with Gasteiger partial charge >= 0.3 is 5.97 Å². The highest BCUT2D eigenvalue weighted by molar-refractivity contribution is 5.81. The van der Waals surface area contributed by atoms with Crippen molar-refractivity contribution in [3.63, 3.8) is 0 Å². The molecule has 6 atom stereocenters. The number of ketones is 1. The van der Waals surface area contributed by atoms with Crippen LogP contribution in [0.4, 0.5) is 0 Å². The predicted molar refractivity (Wildman–Crippen MR) is 83.9 cm³/mol. The van der Waals surface area contributed by atoms with Crippen molar-refractivity contribution in [2.75, 3.05) is 6.61 Å². The van der Waals surface area contributed by atoms with E-state index in [0.717, 1.165) is 44.9 Å². The molecule has 0 aromatic carbocycles. The second-order valence-corrected chi connectivity index (χ2v) is 7.63. The summed E-state index contributed by atoms with van der Waals surface area (Å²) in [5.74, 6) is 0.581. The number of aliphatic hydroxyl groups is 1. The zero-order valence-electron chi connectivity index (χ0n) is 13.7. The zero-order valence-corrected chi connectivity index (χ0v) is 13.7. The Morgan fingerprint density at radius 3 is 2.74 bits per heavy atom. The lowest BCUT2D eigenvalue weighted by atomic mass is 9.88. The molecule has 3 saturated carbocycles. The highest BCUT2D eigenvalue weighted by Gasteiger charge is 2.53. The van der Waals surface area contributed by atoms with E-state index in [2.05, 4.69) is 0 Å². The molecule has 0 bridgehead atoms. The maximum Gasteiger partial charge on any atom is 0.305 e. The smallest absolute Gasteiger partial charge is 0.305 e. The third kappa shape index (κ3) is 4.13. The van der Waals surface area contributed by atoms with Crippen LogP contribution in [0.2, 0.25) is 0 Å². The minimum Gasteiger partial charge on any atom is -0.481 e. The fraction of sp³-hybridized carbons (Fsp3) is 0.889. The maximum atomic E-state index is 11.9. The van der Waals surface area contributed by atoms with Gasteiger partial charge in [-0.25, -0.2) is 0 Å². The Morgan fingerprint density at radius 2 is 2.00 bits per heavy atom. The first-order valence-corrected chi connectivity index (χ1v) is 9.10. The van der Waals surface area contributed by atoms with Crippen LogP contribution in [-0.4, -0.2) is 40.8 Å². The topological polar surface area (TPSA) is 83.8 Å². The van der Waals surface area contributed by atoms with Crippen LogP contribution in [0.5, 0.6) is 0 Å². The van der Waals surface area contributed by atoms with Gasteiger partial charge in [-0.2, -0.15) is 0 Å². The third-order valence-corrected chi connectivity index (χ3v) is 6.04. The van der Waals surface area contributed by atoms with Gasteiger partial charge in [-0.05, 0) is 49.9 Å². The summed E-state index contributed by atoms with van der Waals surface area (Å²) in [5, 5.41) is 18.9. The number of hydrogen-bond acceptors (Lipinski definition) is 4. The van der Waals surface area contributed by atoms with E-state index >= 15 is 0 Å². The van der Waals surface area contributed by atoms with Gasteiger partial charge in [0.15, 0.2) is 0 Å². The highest BCUT2D eigenvalue weighted by atomic mass is 16.5. The third-order valence-electron chi connectivity index (χ3n) is 6.04. The van der Waals surface area contributed by atoms with Crippen molar-refractivity contribution in [1.29, 1.82) is 0 Å². The molecule has 3 aliphatic carbocycles. The van der Waals surface area contributed by atoms with Crippen LogP contribution in [0, 0.1) is 23.7 Å². The largest absolute Gasteiger partial charge is 0.481 e. The van der Waals surface area contributed by atoms with E-state index in [4.69, 9.17) is 9.84 Å². The molecule has 3 fully saturated rings. The van der Waals surface area contributed by atoms with Gasteiger partial charge in [0.2, 0.25) is 0 Å². The predicted octanol–water partition coefficient (Wildman–Crippen LogP) is 2.40. The standard InChI is InChI=1S/C18H28O5/c19-15-7-2-1-4-12(15)10-23-18-13-6-3-5-11(8-14(13)18)16(20)9-17(21)22/h11-14,16,18,20H,1-10H2,(H,21,22)/t11?,12-,13?,14?,16?,18?/m1/s1. The van der Waals surface area contributed by atoms with E-state index in [1.165, 1.54) is 0 Å². The van der Waals surface area contributed by atoms with Crippen LogP contribution in [0.1, 0.15) is 57.8 Å². The van der Waals surface area contributed by atoms with Gasteiger partial charge in [0.25, 0.3) is 0 Å². The van der Waals surface area contributed by atoms with Crippen molar-refractivity contribution in [1.82, 2.24) is 0 Å². The number of rotatable bonds is 6. The van der Waals surface area contributed by atoms with Crippen LogP contribution in [-0.2, 0) is 14.3 Å². The van der Waals surface area contributed by atoms with E-state index in [0.29, 0.717) is 30.6 Å². The lowest BCUT2D eigenvalue weighted by Gasteiger charge is -2.22. The number of aliphatic hydroxyl groups excluding tert-OH is 1. The Balaban J connectivity index is 1.47. The molecule has 5 nitrogen and oxygen atoms in total. The molecule has 2 N–H and O–H groups in total. The molecule has 3 rings (SSSR count).